The van der Waals surface area contributed by atoms with Crippen LogP contribution in [-0.4, -0.2) is 17.0 Å². The molecule has 4 saturated carbocycles. The Hall–Kier alpha value is -0.880. The van der Waals surface area contributed by atoms with Crippen LogP contribution in [0.1, 0.15) is 98.3 Å². The number of Topliss-reactive ketones (excluding diaryl/α,β-unsaturated/α-hetero) is 1. The molecule has 4 rings (SSSR count). The highest BCUT2D eigenvalue weighted by Gasteiger charge is 2.64. The van der Waals surface area contributed by atoms with Gasteiger partial charge in [0.25, 0.3) is 0 Å². The van der Waals surface area contributed by atoms with E-state index in [9.17, 15) is 9.90 Å². The first-order valence-corrected chi connectivity index (χ1v) is 12.9. The molecule has 0 radical (unpaired) electrons. The van der Waals surface area contributed by atoms with Crippen LogP contribution in [0.5, 0.6) is 0 Å². The molecule has 4 aliphatic carbocycles. The van der Waals surface area contributed by atoms with E-state index in [4.69, 9.17) is 5.26 Å². The minimum Gasteiger partial charge on any atom is -0.393 e. The summed E-state index contributed by atoms with van der Waals surface area (Å²) in [5.41, 5.74) is 0.523. The van der Waals surface area contributed by atoms with Gasteiger partial charge in [-0.15, -0.1) is 0 Å². The third-order valence-corrected chi connectivity index (χ3v) is 10.8. The SMILES string of the molecule is CC[C@@H]1C(=O)[C@@H]2[C@H](CC[C@]3(C)[C@@H]([C@H](C)CCCC#N)CC[C@@H]23)[C@@]2(C)CC[C@@H](O)C[C@@H]12. The van der Waals surface area contributed by atoms with Gasteiger partial charge in [0, 0.05) is 18.3 Å². The van der Waals surface area contributed by atoms with Crippen LogP contribution in [0.4, 0.5) is 0 Å². The summed E-state index contributed by atoms with van der Waals surface area (Å²) in [6.45, 7) is 9.59. The second-order valence-electron chi connectivity index (χ2n) is 12.0. The van der Waals surface area contributed by atoms with Gasteiger partial charge < -0.3 is 5.11 Å². The summed E-state index contributed by atoms with van der Waals surface area (Å²) in [4.78, 5) is 13.9. The molecule has 0 saturated heterocycles. The Kier molecular flexibility index (Phi) is 6.13. The molecule has 3 nitrogen and oxygen atoms in total. The number of nitrogens with zero attached hydrogens (tertiary/aromatic N) is 1. The van der Waals surface area contributed by atoms with Crippen molar-refractivity contribution in [3.63, 3.8) is 0 Å². The first kappa shape index (κ1) is 22.3. The number of hydrogen-bond acceptors (Lipinski definition) is 3. The standard InChI is InChI=1S/C27H43NO2/c1-5-19-23-16-18(29)11-13-27(23,4)22-12-14-26(3)20(17(2)8-6-7-15-28)9-10-21(26)24(22)25(19)30/h17-24,29H,5-14,16H2,1-4H3/t17-,18-,19+,20-,21+,22+,23+,24+,26-,27-/m1/s1. The fourth-order valence-corrected chi connectivity index (χ4v) is 9.31. The summed E-state index contributed by atoms with van der Waals surface area (Å²) in [5.74, 6) is 3.77. The number of fused-ring (bicyclic) bond motifs is 5. The largest absolute Gasteiger partial charge is 0.393 e. The van der Waals surface area contributed by atoms with Gasteiger partial charge in [0.1, 0.15) is 5.78 Å². The molecule has 0 aromatic heterocycles. The second kappa shape index (κ2) is 8.23. The lowest BCUT2D eigenvalue weighted by atomic mass is 9.42. The van der Waals surface area contributed by atoms with Crippen molar-refractivity contribution < 1.29 is 9.90 Å². The van der Waals surface area contributed by atoms with Crippen LogP contribution in [0.2, 0.25) is 0 Å². The fraction of sp³-hybridized carbons (Fsp3) is 0.926. The summed E-state index contributed by atoms with van der Waals surface area (Å²) in [7, 11) is 0. The molecule has 0 aromatic rings. The van der Waals surface area contributed by atoms with Gasteiger partial charge >= 0.3 is 0 Å². The van der Waals surface area contributed by atoms with E-state index in [2.05, 4.69) is 33.8 Å². The van der Waals surface area contributed by atoms with Crippen LogP contribution >= 0.6 is 0 Å². The van der Waals surface area contributed by atoms with Crippen molar-refractivity contribution >= 4 is 5.78 Å². The molecule has 0 aromatic carbocycles. The van der Waals surface area contributed by atoms with E-state index in [0.717, 1.165) is 38.5 Å². The van der Waals surface area contributed by atoms with E-state index in [1.807, 2.05) is 0 Å². The van der Waals surface area contributed by atoms with Gasteiger partial charge in [0.15, 0.2) is 0 Å². The zero-order chi connectivity index (χ0) is 21.7. The molecule has 4 aliphatic rings. The van der Waals surface area contributed by atoms with Gasteiger partial charge in [-0.1, -0.05) is 27.7 Å². The lowest BCUT2D eigenvalue weighted by Gasteiger charge is -2.62. The number of ketones is 1. The Morgan fingerprint density at radius 2 is 1.80 bits per heavy atom. The smallest absolute Gasteiger partial charge is 0.139 e. The summed E-state index contributed by atoms with van der Waals surface area (Å²) in [5, 5.41) is 19.3. The molecule has 0 amide bonds. The predicted molar refractivity (Wildman–Crippen MR) is 119 cm³/mol. The molecule has 168 valence electrons. The van der Waals surface area contributed by atoms with Gasteiger partial charge in [0.05, 0.1) is 12.2 Å². The third kappa shape index (κ3) is 3.28. The van der Waals surface area contributed by atoms with E-state index in [-0.39, 0.29) is 23.4 Å². The zero-order valence-electron chi connectivity index (χ0n) is 19.7. The zero-order valence-corrected chi connectivity index (χ0v) is 19.7. The minimum atomic E-state index is -0.208. The predicted octanol–water partition coefficient (Wildman–Crippen LogP) is 6.15. The number of rotatable bonds is 5. The molecule has 0 spiro atoms. The van der Waals surface area contributed by atoms with Crippen molar-refractivity contribution in [2.45, 2.75) is 104 Å². The lowest BCUT2D eigenvalue weighted by molar-refractivity contribution is -0.173. The maximum atomic E-state index is 13.9. The van der Waals surface area contributed by atoms with Crippen molar-refractivity contribution in [1.29, 1.82) is 5.26 Å². The third-order valence-electron chi connectivity index (χ3n) is 10.8. The maximum Gasteiger partial charge on any atom is 0.139 e. The molecule has 1 N–H and O–H groups in total. The van der Waals surface area contributed by atoms with Crippen molar-refractivity contribution in [3.05, 3.63) is 0 Å². The number of nitriles is 1. The van der Waals surface area contributed by atoms with Crippen molar-refractivity contribution in [2.75, 3.05) is 0 Å². The van der Waals surface area contributed by atoms with Crippen molar-refractivity contribution in [3.8, 4) is 6.07 Å². The molecule has 30 heavy (non-hydrogen) atoms. The minimum absolute atomic E-state index is 0.153. The topological polar surface area (TPSA) is 61.1 Å². The Morgan fingerprint density at radius 1 is 1.10 bits per heavy atom. The van der Waals surface area contributed by atoms with Crippen LogP contribution in [0.25, 0.3) is 0 Å². The van der Waals surface area contributed by atoms with Crippen LogP contribution in [0, 0.1) is 63.6 Å². The van der Waals surface area contributed by atoms with E-state index in [1.54, 1.807) is 0 Å². The lowest BCUT2D eigenvalue weighted by Crippen LogP contribution is -2.60. The number of aliphatic hydroxyl groups is 1. The molecule has 0 bridgehead atoms. The molecular formula is C27H43NO2. The van der Waals surface area contributed by atoms with E-state index in [0.29, 0.717) is 47.2 Å². The molecule has 3 heteroatoms. The second-order valence-corrected chi connectivity index (χ2v) is 12.0. The van der Waals surface area contributed by atoms with Gasteiger partial charge in [-0.05, 0) is 105 Å². The first-order valence-electron chi connectivity index (χ1n) is 12.9. The van der Waals surface area contributed by atoms with Crippen molar-refractivity contribution in [1.82, 2.24) is 0 Å². The highest BCUT2D eigenvalue weighted by atomic mass is 16.3. The molecule has 10 atom stereocenters. The fourth-order valence-electron chi connectivity index (χ4n) is 9.31. The Labute approximate surface area is 184 Å². The van der Waals surface area contributed by atoms with Crippen LogP contribution < -0.4 is 0 Å². The maximum absolute atomic E-state index is 13.9. The average molecular weight is 414 g/mol. The van der Waals surface area contributed by atoms with E-state index < -0.39 is 0 Å². The van der Waals surface area contributed by atoms with Gasteiger partial charge in [-0.25, -0.2) is 0 Å². The Morgan fingerprint density at radius 3 is 2.50 bits per heavy atom. The van der Waals surface area contributed by atoms with Gasteiger partial charge in [0.2, 0.25) is 0 Å². The Balaban J connectivity index is 1.61. The number of unbranched alkanes of at least 4 members (excludes halogenated alkanes) is 1. The van der Waals surface area contributed by atoms with Crippen LogP contribution in [-0.2, 0) is 4.79 Å². The molecular weight excluding hydrogens is 370 g/mol. The van der Waals surface area contributed by atoms with Crippen molar-refractivity contribution in [2.24, 2.45) is 52.3 Å². The molecule has 0 aliphatic heterocycles. The first-order chi connectivity index (χ1) is 14.3. The van der Waals surface area contributed by atoms with Crippen LogP contribution in [0.15, 0.2) is 0 Å². The molecule has 0 heterocycles. The van der Waals surface area contributed by atoms with Gasteiger partial charge in [-0.3, -0.25) is 4.79 Å². The summed E-state index contributed by atoms with van der Waals surface area (Å²) < 4.78 is 0. The quantitative estimate of drug-likeness (QED) is 0.550. The highest BCUT2D eigenvalue weighted by molar-refractivity contribution is 5.86. The van der Waals surface area contributed by atoms with Gasteiger partial charge in [-0.2, -0.15) is 5.26 Å². The number of hydrogen-bond donors (Lipinski definition) is 1. The summed E-state index contributed by atoms with van der Waals surface area (Å²) >= 11 is 0. The molecule has 4 fully saturated rings. The Bertz CT molecular complexity index is 697. The number of carbonyl (C=O) groups excluding carboxylic acids is 1. The van der Waals surface area contributed by atoms with Crippen LogP contribution in [0.3, 0.4) is 0 Å². The average Bonchev–Trinajstić information content (AvgIpc) is 3.07. The number of carbonyl (C=O) groups is 1. The van der Waals surface area contributed by atoms with E-state index >= 15 is 0 Å². The number of aliphatic hydroxyl groups excluding tert-OH is 1. The molecule has 0 unspecified atom stereocenters. The monoisotopic (exact) mass is 413 g/mol. The highest BCUT2D eigenvalue weighted by Crippen LogP contribution is 2.68. The normalized spacial score (nSPS) is 48.9. The summed E-state index contributed by atoms with van der Waals surface area (Å²) in [6, 6.07) is 2.30. The van der Waals surface area contributed by atoms with E-state index in [1.165, 1.54) is 25.7 Å². The summed E-state index contributed by atoms with van der Waals surface area (Å²) in [6.07, 6.45) is 11.4.